The average molecular weight is 198 g/mol. The van der Waals surface area contributed by atoms with Crippen LogP contribution in [0.25, 0.3) is 0 Å². The molecular weight excluding hydrogens is 176 g/mol. The first-order chi connectivity index (χ1) is 6.75. The third-order valence-electron chi connectivity index (χ3n) is 2.86. The van der Waals surface area contributed by atoms with Crippen molar-refractivity contribution in [3.8, 4) is 0 Å². The second-order valence-electron chi connectivity index (χ2n) is 4.13. The van der Waals surface area contributed by atoms with Crippen LogP contribution in [0.5, 0.6) is 0 Å². The Morgan fingerprint density at radius 1 is 1.29 bits per heavy atom. The molecule has 0 spiro atoms. The number of hydrogen-bond donors (Lipinski definition) is 1. The molecule has 2 N–H and O–H groups in total. The van der Waals surface area contributed by atoms with Gasteiger partial charge in [0, 0.05) is 6.54 Å². The van der Waals surface area contributed by atoms with Crippen molar-refractivity contribution < 1.29 is 4.79 Å². The van der Waals surface area contributed by atoms with Gasteiger partial charge in [-0.15, -0.1) is 0 Å². The van der Waals surface area contributed by atoms with Crippen LogP contribution in [0.3, 0.4) is 0 Å². The normalized spacial score (nSPS) is 21.1. The number of carbonyl (C=O) groups excluding carboxylic acids is 1. The van der Waals surface area contributed by atoms with Crippen LogP contribution in [-0.4, -0.2) is 23.5 Å². The fourth-order valence-corrected chi connectivity index (χ4v) is 1.83. The first-order valence-corrected chi connectivity index (χ1v) is 5.80. The van der Waals surface area contributed by atoms with E-state index in [1.54, 1.807) is 4.90 Å². The molecule has 3 heteroatoms. The summed E-state index contributed by atoms with van der Waals surface area (Å²) in [7, 11) is 0. The van der Waals surface area contributed by atoms with E-state index in [1.807, 2.05) is 0 Å². The van der Waals surface area contributed by atoms with Gasteiger partial charge in [-0.05, 0) is 6.42 Å². The molecule has 1 aliphatic heterocycles. The lowest BCUT2D eigenvalue weighted by atomic mass is 10.1. The van der Waals surface area contributed by atoms with Crippen molar-refractivity contribution in [3.63, 3.8) is 0 Å². The summed E-state index contributed by atoms with van der Waals surface area (Å²) in [6, 6.07) is 0. The highest BCUT2D eigenvalue weighted by Gasteiger charge is 2.31. The first kappa shape index (κ1) is 11.5. The van der Waals surface area contributed by atoms with Gasteiger partial charge in [0.05, 0.1) is 12.6 Å². The van der Waals surface area contributed by atoms with Crippen LogP contribution < -0.4 is 5.73 Å². The van der Waals surface area contributed by atoms with E-state index in [-0.39, 0.29) is 12.1 Å². The molecule has 0 radical (unpaired) electrons. The number of unbranched alkanes of at least 4 members (excludes halogenated alkanes) is 5. The van der Waals surface area contributed by atoms with Crippen LogP contribution >= 0.6 is 0 Å². The molecule has 1 amide bonds. The number of hydrogen-bond acceptors (Lipinski definition) is 2. The fourth-order valence-electron chi connectivity index (χ4n) is 1.83. The molecule has 0 aliphatic carbocycles. The van der Waals surface area contributed by atoms with Gasteiger partial charge in [-0.2, -0.15) is 0 Å². The Morgan fingerprint density at radius 3 is 2.50 bits per heavy atom. The van der Waals surface area contributed by atoms with E-state index < -0.39 is 0 Å². The Bertz CT molecular complexity index is 182. The molecule has 1 saturated heterocycles. The fraction of sp³-hybridized carbons (Fsp3) is 0.909. The zero-order valence-corrected chi connectivity index (χ0v) is 9.17. The summed E-state index contributed by atoms with van der Waals surface area (Å²) in [5, 5.41) is 0. The van der Waals surface area contributed by atoms with Gasteiger partial charge in [-0.25, -0.2) is 0 Å². The number of rotatable bonds is 7. The summed E-state index contributed by atoms with van der Waals surface area (Å²) in [6.45, 7) is 3.09. The van der Waals surface area contributed by atoms with Crippen molar-refractivity contribution >= 4 is 5.91 Å². The zero-order chi connectivity index (χ0) is 10.4. The monoisotopic (exact) mass is 198 g/mol. The van der Waals surface area contributed by atoms with E-state index in [9.17, 15) is 4.79 Å². The maximum Gasteiger partial charge on any atom is 0.227 e. The quantitative estimate of drug-likeness (QED) is 0.501. The van der Waals surface area contributed by atoms with E-state index in [1.165, 1.54) is 32.1 Å². The van der Waals surface area contributed by atoms with E-state index in [0.29, 0.717) is 6.42 Å². The lowest BCUT2D eigenvalue weighted by molar-refractivity contribution is -0.145. The molecule has 1 heterocycles. The Balaban J connectivity index is 1.91. The van der Waals surface area contributed by atoms with Gasteiger partial charge in [0.1, 0.15) is 0 Å². The largest absolute Gasteiger partial charge is 0.327 e. The van der Waals surface area contributed by atoms with Crippen molar-refractivity contribution in [2.24, 2.45) is 5.73 Å². The van der Waals surface area contributed by atoms with Gasteiger partial charge in [0.15, 0.2) is 0 Å². The maximum absolute atomic E-state index is 11.1. The van der Waals surface area contributed by atoms with E-state index in [0.717, 1.165) is 13.0 Å². The van der Waals surface area contributed by atoms with Gasteiger partial charge in [-0.3, -0.25) is 4.79 Å². The van der Waals surface area contributed by atoms with Gasteiger partial charge < -0.3 is 10.6 Å². The predicted octanol–water partition coefficient (Wildman–Crippen LogP) is 1.86. The van der Waals surface area contributed by atoms with E-state index in [2.05, 4.69) is 6.92 Å². The minimum Gasteiger partial charge on any atom is -0.327 e. The third-order valence-corrected chi connectivity index (χ3v) is 2.86. The molecule has 82 valence electrons. The maximum atomic E-state index is 11.1. The van der Waals surface area contributed by atoms with Crippen molar-refractivity contribution in [1.29, 1.82) is 0 Å². The molecule has 0 bridgehead atoms. The summed E-state index contributed by atoms with van der Waals surface area (Å²) in [4.78, 5) is 12.8. The summed E-state index contributed by atoms with van der Waals surface area (Å²) < 4.78 is 0. The average Bonchev–Trinajstić information content (AvgIpc) is 2.16. The van der Waals surface area contributed by atoms with Crippen LogP contribution in [0, 0.1) is 0 Å². The molecule has 1 atom stereocenters. The van der Waals surface area contributed by atoms with Crippen LogP contribution in [0.1, 0.15) is 51.9 Å². The lowest BCUT2D eigenvalue weighted by Crippen LogP contribution is -2.57. The van der Waals surface area contributed by atoms with Crippen molar-refractivity contribution in [3.05, 3.63) is 0 Å². The van der Waals surface area contributed by atoms with E-state index >= 15 is 0 Å². The number of nitrogens with zero attached hydrogens (tertiary/aromatic N) is 1. The molecule has 1 rings (SSSR count). The standard InChI is InChI=1S/C11H22N2O/c1-2-3-4-5-6-7-8-13-10(12)9-11(13)14/h10H,2-9,12H2,1H3. The molecule has 1 fully saturated rings. The van der Waals surface area contributed by atoms with Gasteiger partial charge in [0.2, 0.25) is 5.91 Å². The molecule has 0 aromatic rings. The summed E-state index contributed by atoms with van der Waals surface area (Å²) in [5.74, 6) is 0.228. The smallest absolute Gasteiger partial charge is 0.227 e. The van der Waals surface area contributed by atoms with Crippen LogP contribution in [0.15, 0.2) is 0 Å². The summed E-state index contributed by atoms with van der Waals surface area (Å²) in [6.07, 6.45) is 8.16. The molecule has 14 heavy (non-hydrogen) atoms. The van der Waals surface area contributed by atoms with Crippen LogP contribution in [-0.2, 0) is 4.79 Å². The number of amides is 1. The number of β-lactam (4-membered cyclic amide) rings is 1. The third kappa shape index (κ3) is 3.29. The Morgan fingerprint density at radius 2 is 1.93 bits per heavy atom. The van der Waals surface area contributed by atoms with Crippen molar-refractivity contribution in [1.82, 2.24) is 4.90 Å². The number of likely N-dealkylation sites (tertiary alicyclic amines) is 1. The zero-order valence-electron chi connectivity index (χ0n) is 9.17. The summed E-state index contributed by atoms with van der Waals surface area (Å²) in [5.41, 5.74) is 5.68. The number of carbonyl (C=O) groups is 1. The number of nitrogens with two attached hydrogens (primary N) is 1. The van der Waals surface area contributed by atoms with Crippen LogP contribution in [0.4, 0.5) is 0 Å². The molecule has 3 nitrogen and oxygen atoms in total. The molecule has 0 aromatic heterocycles. The minimum atomic E-state index is 0.0122. The molecule has 1 unspecified atom stereocenters. The van der Waals surface area contributed by atoms with Crippen molar-refractivity contribution in [2.75, 3.05) is 6.54 Å². The Kier molecular flexibility index (Phi) is 4.94. The van der Waals surface area contributed by atoms with Gasteiger partial charge in [-0.1, -0.05) is 39.0 Å². The highest BCUT2D eigenvalue weighted by Crippen LogP contribution is 2.15. The topological polar surface area (TPSA) is 46.3 Å². The molecule has 0 aromatic carbocycles. The van der Waals surface area contributed by atoms with Crippen molar-refractivity contribution in [2.45, 2.75) is 58.0 Å². The van der Waals surface area contributed by atoms with Gasteiger partial charge >= 0.3 is 0 Å². The SMILES string of the molecule is CCCCCCCCN1C(=O)CC1N. The Labute approximate surface area is 86.6 Å². The molecule has 1 aliphatic rings. The highest BCUT2D eigenvalue weighted by atomic mass is 16.2. The Hall–Kier alpha value is -0.570. The minimum absolute atomic E-state index is 0.0122. The second kappa shape index (κ2) is 6.02. The van der Waals surface area contributed by atoms with E-state index in [4.69, 9.17) is 5.73 Å². The summed E-state index contributed by atoms with van der Waals surface area (Å²) >= 11 is 0. The van der Waals surface area contributed by atoms with Crippen LogP contribution in [0.2, 0.25) is 0 Å². The predicted molar refractivity (Wildman–Crippen MR) is 57.7 cm³/mol. The van der Waals surface area contributed by atoms with Gasteiger partial charge in [0.25, 0.3) is 0 Å². The second-order valence-corrected chi connectivity index (χ2v) is 4.13. The lowest BCUT2D eigenvalue weighted by Gasteiger charge is -2.37. The molecule has 0 saturated carbocycles. The highest BCUT2D eigenvalue weighted by molar-refractivity contribution is 5.82. The molecular formula is C11H22N2O. The first-order valence-electron chi connectivity index (χ1n) is 5.80.